The second kappa shape index (κ2) is 8.49. The summed E-state index contributed by atoms with van der Waals surface area (Å²) in [6.07, 6.45) is 1.56. The van der Waals surface area contributed by atoms with Crippen molar-refractivity contribution in [2.75, 3.05) is 18.4 Å². The molecule has 1 fully saturated rings. The Kier molecular flexibility index (Phi) is 5.61. The summed E-state index contributed by atoms with van der Waals surface area (Å²) in [5.41, 5.74) is 1.82. The van der Waals surface area contributed by atoms with Crippen LogP contribution in [0.4, 0.5) is 10.5 Å². The van der Waals surface area contributed by atoms with Gasteiger partial charge in [-0.3, -0.25) is 9.59 Å². The number of carbonyl (C=O) groups is 3. The Labute approximate surface area is 175 Å². The van der Waals surface area contributed by atoms with Crippen LogP contribution in [0.15, 0.2) is 66.7 Å². The lowest BCUT2D eigenvalue weighted by molar-refractivity contribution is 0.0851. The number of amides is 2. The number of fused-ring (bicyclic) bond motifs is 1. The van der Waals surface area contributed by atoms with E-state index in [2.05, 4.69) is 5.32 Å². The lowest BCUT2D eigenvalue weighted by Crippen LogP contribution is -2.44. The van der Waals surface area contributed by atoms with Crippen molar-refractivity contribution in [1.29, 1.82) is 0 Å². The maximum Gasteiger partial charge on any atom is 0.321 e. The van der Waals surface area contributed by atoms with Crippen LogP contribution in [0.2, 0.25) is 0 Å². The van der Waals surface area contributed by atoms with Crippen molar-refractivity contribution in [2.45, 2.75) is 19.8 Å². The zero-order valence-electron chi connectivity index (χ0n) is 16.9. The molecule has 0 saturated carbocycles. The summed E-state index contributed by atoms with van der Waals surface area (Å²) in [7, 11) is 0. The predicted molar refractivity (Wildman–Crippen MR) is 118 cm³/mol. The van der Waals surface area contributed by atoms with Crippen LogP contribution in [-0.2, 0) is 0 Å². The van der Waals surface area contributed by atoms with Crippen LogP contribution >= 0.6 is 0 Å². The highest BCUT2D eigenvalue weighted by molar-refractivity contribution is 6.02. The molecule has 0 bridgehead atoms. The molecule has 3 aromatic carbocycles. The molecular formula is C25H24N2O3. The van der Waals surface area contributed by atoms with Gasteiger partial charge in [0, 0.05) is 35.8 Å². The minimum atomic E-state index is -0.244. The van der Waals surface area contributed by atoms with Gasteiger partial charge < -0.3 is 10.2 Å². The summed E-state index contributed by atoms with van der Waals surface area (Å²) >= 11 is 0. The number of hydrogen-bond donors (Lipinski definition) is 1. The maximum atomic E-state index is 13.1. The summed E-state index contributed by atoms with van der Waals surface area (Å²) in [6.45, 7) is 2.50. The summed E-state index contributed by atoms with van der Waals surface area (Å²) in [5, 5.41) is 5.00. The van der Waals surface area contributed by atoms with Crippen LogP contribution in [0, 0.1) is 5.92 Å². The third kappa shape index (κ3) is 4.25. The number of nitrogens with zero attached hydrogens (tertiary/aromatic N) is 1. The van der Waals surface area contributed by atoms with Crippen LogP contribution < -0.4 is 5.32 Å². The van der Waals surface area contributed by atoms with E-state index in [9.17, 15) is 14.4 Å². The molecule has 5 heteroatoms. The van der Waals surface area contributed by atoms with Crippen molar-refractivity contribution < 1.29 is 14.4 Å². The molecule has 0 radical (unpaired) electrons. The lowest BCUT2D eigenvalue weighted by Gasteiger charge is -2.32. The molecule has 152 valence electrons. The van der Waals surface area contributed by atoms with Crippen LogP contribution in [0.5, 0.6) is 0 Å². The molecule has 1 N–H and O–H groups in total. The van der Waals surface area contributed by atoms with Crippen molar-refractivity contribution in [1.82, 2.24) is 4.90 Å². The Bertz CT molecular complexity index is 1120. The number of anilines is 1. The van der Waals surface area contributed by atoms with E-state index in [0.29, 0.717) is 29.9 Å². The fourth-order valence-electron chi connectivity index (χ4n) is 3.97. The smallest absolute Gasteiger partial charge is 0.321 e. The monoisotopic (exact) mass is 400 g/mol. The summed E-state index contributed by atoms with van der Waals surface area (Å²) in [4.78, 5) is 39.1. The van der Waals surface area contributed by atoms with Crippen LogP contribution in [0.1, 0.15) is 40.5 Å². The van der Waals surface area contributed by atoms with Gasteiger partial charge in [-0.15, -0.1) is 0 Å². The number of Topliss-reactive ketones (excluding diaryl/α,β-unsaturated/α-hetero) is 2. The fraction of sp³-hybridized carbons (Fsp3) is 0.240. The maximum absolute atomic E-state index is 13.1. The van der Waals surface area contributed by atoms with Gasteiger partial charge in [0.05, 0.1) is 0 Å². The quantitative estimate of drug-likeness (QED) is 0.615. The number of benzene rings is 3. The molecule has 0 aromatic heterocycles. The number of likely N-dealkylation sites (tertiary alicyclic amines) is 1. The van der Waals surface area contributed by atoms with E-state index in [1.807, 2.05) is 42.5 Å². The average molecular weight is 400 g/mol. The third-order valence-electron chi connectivity index (χ3n) is 5.63. The van der Waals surface area contributed by atoms with E-state index in [1.165, 1.54) is 6.92 Å². The minimum absolute atomic E-state index is 0.0508. The summed E-state index contributed by atoms with van der Waals surface area (Å²) in [5.74, 6) is -0.184. The van der Waals surface area contributed by atoms with Gasteiger partial charge in [-0.1, -0.05) is 48.5 Å². The highest BCUT2D eigenvalue weighted by Crippen LogP contribution is 2.24. The first-order chi connectivity index (χ1) is 14.5. The molecular weight excluding hydrogens is 376 g/mol. The number of rotatable bonds is 4. The Morgan fingerprint density at radius 3 is 2.50 bits per heavy atom. The molecule has 5 nitrogen and oxygen atoms in total. The van der Waals surface area contributed by atoms with Crippen LogP contribution in [0.25, 0.3) is 10.8 Å². The number of carbonyl (C=O) groups excluding carboxylic acids is 3. The first-order valence-corrected chi connectivity index (χ1v) is 10.2. The van der Waals surface area contributed by atoms with Gasteiger partial charge in [0.15, 0.2) is 11.6 Å². The lowest BCUT2D eigenvalue weighted by atomic mass is 9.89. The van der Waals surface area contributed by atoms with Gasteiger partial charge in [-0.25, -0.2) is 4.79 Å². The van der Waals surface area contributed by atoms with E-state index in [4.69, 9.17) is 0 Å². The van der Waals surface area contributed by atoms with Crippen molar-refractivity contribution >= 4 is 34.1 Å². The normalized spacial score (nSPS) is 16.3. The SMILES string of the molecule is CC(=O)c1cccc(NC(=O)N2CCCC(C(=O)c3ccc4ccccc4c3)C2)c1. The number of hydrogen-bond acceptors (Lipinski definition) is 3. The number of ketones is 2. The van der Waals surface area contributed by atoms with Gasteiger partial charge in [0.1, 0.15) is 0 Å². The molecule has 1 aliphatic heterocycles. The van der Waals surface area contributed by atoms with E-state index in [-0.39, 0.29) is 23.5 Å². The average Bonchev–Trinajstić information content (AvgIpc) is 2.78. The summed E-state index contributed by atoms with van der Waals surface area (Å²) < 4.78 is 0. The molecule has 1 saturated heterocycles. The molecule has 0 spiro atoms. The largest absolute Gasteiger partial charge is 0.324 e. The predicted octanol–water partition coefficient (Wildman–Crippen LogP) is 5.17. The van der Waals surface area contributed by atoms with Gasteiger partial charge in [0.2, 0.25) is 0 Å². The molecule has 1 atom stereocenters. The van der Waals surface area contributed by atoms with Crippen LogP contribution in [0.3, 0.4) is 0 Å². The second-order valence-corrected chi connectivity index (χ2v) is 7.78. The molecule has 1 unspecified atom stereocenters. The molecule has 1 heterocycles. The Balaban J connectivity index is 1.45. The van der Waals surface area contributed by atoms with E-state index < -0.39 is 0 Å². The molecule has 4 rings (SSSR count). The first kappa shape index (κ1) is 19.8. The van der Waals surface area contributed by atoms with E-state index >= 15 is 0 Å². The highest BCUT2D eigenvalue weighted by atomic mass is 16.2. The molecule has 0 aliphatic carbocycles. The Hall–Kier alpha value is -3.47. The fourth-order valence-corrected chi connectivity index (χ4v) is 3.97. The van der Waals surface area contributed by atoms with Crippen molar-refractivity contribution in [3.63, 3.8) is 0 Å². The first-order valence-electron chi connectivity index (χ1n) is 10.2. The van der Waals surface area contributed by atoms with E-state index in [0.717, 1.165) is 23.6 Å². The van der Waals surface area contributed by atoms with Crippen molar-refractivity contribution in [3.8, 4) is 0 Å². The van der Waals surface area contributed by atoms with Gasteiger partial charge >= 0.3 is 6.03 Å². The Morgan fingerprint density at radius 1 is 0.900 bits per heavy atom. The minimum Gasteiger partial charge on any atom is -0.324 e. The molecule has 1 aliphatic rings. The van der Waals surface area contributed by atoms with Gasteiger partial charge in [-0.05, 0) is 48.7 Å². The molecule has 30 heavy (non-hydrogen) atoms. The zero-order valence-corrected chi connectivity index (χ0v) is 16.9. The topological polar surface area (TPSA) is 66.5 Å². The second-order valence-electron chi connectivity index (χ2n) is 7.78. The van der Waals surface area contributed by atoms with Crippen LogP contribution in [-0.4, -0.2) is 35.6 Å². The third-order valence-corrected chi connectivity index (χ3v) is 5.63. The van der Waals surface area contributed by atoms with Gasteiger partial charge in [0.25, 0.3) is 0 Å². The highest BCUT2D eigenvalue weighted by Gasteiger charge is 2.29. The van der Waals surface area contributed by atoms with Gasteiger partial charge in [-0.2, -0.15) is 0 Å². The van der Waals surface area contributed by atoms with Crippen molar-refractivity contribution in [2.24, 2.45) is 5.92 Å². The van der Waals surface area contributed by atoms with E-state index in [1.54, 1.807) is 29.2 Å². The molecule has 3 aromatic rings. The Morgan fingerprint density at radius 2 is 1.70 bits per heavy atom. The number of urea groups is 1. The summed E-state index contributed by atoms with van der Waals surface area (Å²) in [6, 6.07) is 20.4. The molecule has 2 amide bonds. The van der Waals surface area contributed by atoms with Crippen molar-refractivity contribution in [3.05, 3.63) is 77.9 Å². The zero-order chi connectivity index (χ0) is 21.1. The number of piperidine rings is 1. The standard InChI is InChI=1S/C25H24N2O3/c1-17(28)19-8-4-10-23(15-19)26-25(30)27-13-5-9-22(16-27)24(29)21-12-11-18-6-2-3-7-20(18)14-21/h2-4,6-8,10-12,14-15,22H,5,9,13,16H2,1H3,(H,26,30). The number of nitrogens with one attached hydrogen (secondary N) is 1.